The number of hydrogen-bond acceptors (Lipinski definition) is 3. The molecule has 1 saturated carbocycles. The van der Waals surface area contributed by atoms with E-state index in [-0.39, 0.29) is 17.9 Å². The number of hydrogen-bond donors (Lipinski definition) is 3. The Morgan fingerprint density at radius 1 is 1.00 bits per heavy atom. The predicted molar refractivity (Wildman–Crippen MR) is 91.1 cm³/mol. The van der Waals surface area contributed by atoms with E-state index in [2.05, 4.69) is 20.9 Å². The van der Waals surface area contributed by atoms with E-state index in [0.717, 1.165) is 29.7 Å². The van der Waals surface area contributed by atoms with Gasteiger partial charge in [-0.1, -0.05) is 18.2 Å². The number of aromatic nitrogens is 1. The third-order valence-corrected chi connectivity index (χ3v) is 3.80. The lowest BCUT2D eigenvalue weighted by Crippen LogP contribution is -2.34. The van der Waals surface area contributed by atoms with Crippen LogP contribution in [0.3, 0.4) is 0 Å². The Labute approximate surface area is 140 Å². The van der Waals surface area contributed by atoms with Crippen molar-refractivity contribution in [3.8, 4) is 0 Å². The zero-order valence-electron chi connectivity index (χ0n) is 13.3. The summed E-state index contributed by atoms with van der Waals surface area (Å²) in [7, 11) is 0. The summed E-state index contributed by atoms with van der Waals surface area (Å²) in [6.07, 6.45) is 5.39. The van der Waals surface area contributed by atoms with Crippen molar-refractivity contribution in [1.82, 2.24) is 15.6 Å². The molecule has 1 heterocycles. The molecule has 0 radical (unpaired) electrons. The number of pyridine rings is 1. The fourth-order valence-electron chi connectivity index (χ4n) is 2.23. The Hall–Kier alpha value is -2.89. The van der Waals surface area contributed by atoms with Gasteiger partial charge in [0.15, 0.2) is 0 Å². The minimum absolute atomic E-state index is 0.0932. The van der Waals surface area contributed by atoms with Gasteiger partial charge in [0.2, 0.25) is 5.91 Å². The molecule has 0 aliphatic heterocycles. The molecule has 0 atom stereocenters. The topological polar surface area (TPSA) is 83.1 Å². The highest BCUT2D eigenvalue weighted by molar-refractivity contribution is 5.94. The minimum atomic E-state index is -0.232. The van der Waals surface area contributed by atoms with Crippen molar-refractivity contribution in [2.24, 2.45) is 5.92 Å². The van der Waals surface area contributed by atoms with E-state index in [1.807, 2.05) is 36.4 Å². The van der Waals surface area contributed by atoms with Gasteiger partial charge >= 0.3 is 6.03 Å². The molecule has 3 N–H and O–H groups in total. The van der Waals surface area contributed by atoms with Gasteiger partial charge in [0.05, 0.1) is 0 Å². The van der Waals surface area contributed by atoms with Crippen LogP contribution in [0.25, 0.3) is 0 Å². The molecule has 1 aromatic carbocycles. The molecule has 6 nitrogen and oxygen atoms in total. The van der Waals surface area contributed by atoms with Gasteiger partial charge in [-0.15, -0.1) is 0 Å². The van der Waals surface area contributed by atoms with E-state index in [1.165, 1.54) is 0 Å². The monoisotopic (exact) mass is 324 g/mol. The highest BCUT2D eigenvalue weighted by Gasteiger charge is 2.29. The lowest BCUT2D eigenvalue weighted by atomic mass is 10.2. The number of amides is 3. The number of carbonyl (C=O) groups excluding carboxylic acids is 2. The average Bonchev–Trinajstić information content (AvgIpc) is 3.45. The molecule has 1 aliphatic rings. The molecule has 3 rings (SSSR count). The second-order valence-corrected chi connectivity index (χ2v) is 5.86. The first-order chi connectivity index (χ1) is 11.7. The lowest BCUT2D eigenvalue weighted by molar-refractivity contribution is -0.117. The van der Waals surface area contributed by atoms with E-state index in [1.54, 1.807) is 12.4 Å². The molecule has 124 valence electrons. The van der Waals surface area contributed by atoms with Crippen LogP contribution in [-0.2, 0) is 17.9 Å². The number of nitrogens with zero attached hydrogens (tertiary/aromatic N) is 1. The van der Waals surface area contributed by atoms with Gasteiger partial charge < -0.3 is 16.0 Å². The van der Waals surface area contributed by atoms with Crippen LogP contribution in [0.15, 0.2) is 48.8 Å². The van der Waals surface area contributed by atoms with Crippen molar-refractivity contribution in [3.05, 3.63) is 59.9 Å². The first-order valence-corrected chi connectivity index (χ1v) is 8.01. The molecule has 2 aromatic rings. The zero-order valence-corrected chi connectivity index (χ0v) is 13.3. The van der Waals surface area contributed by atoms with Crippen LogP contribution in [0, 0.1) is 5.92 Å². The number of benzene rings is 1. The van der Waals surface area contributed by atoms with E-state index in [9.17, 15) is 9.59 Å². The van der Waals surface area contributed by atoms with Crippen molar-refractivity contribution in [2.75, 3.05) is 5.32 Å². The number of nitrogens with one attached hydrogen (secondary N) is 3. The molecule has 6 heteroatoms. The normalized spacial score (nSPS) is 13.2. The molecule has 3 amide bonds. The van der Waals surface area contributed by atoms with E-state index >= 15 is 0 Å². The van der Waals surface area contributed by atoms with Crippen molar-refractivity contribution < 1.29 is 9.59 Å². The molecular formula is C18H20N4O2. The molecule has 0 spiro atoms. The second kappa shape index (κ2) is 7.59. The third-order valence-electron chi connectivity index (χ3n) is 3.80. The van der Waals surface area contributed by atoms with Gasteiger partial charge in [0.1, 0.15) is 0 Å². The summed E-state index contributed by atoms with van der Waals surface area (Å²) in [5.41, 5.74) is 2.70. The van der Waals surface area contributed by atoms with Crippen LogP contribution in [0.5, 0.6) is 0 Å². The van der Waals surface area contributed by atoms with Crippen LogP contribution >= 0.6 is 0 Å². The Kier molecular flexibility index (Phi) is 5.05. The average molecular weight is 324 g/mol. The molecule has 0 bridgehead atoms. The maximum Gasteiger partial charge on any atom is 0.315 e. The van der Waals surface area contributed by atoms with Gasteiger partial charge in [0.25, 0.3) is 0 Å². The fourth-order valence-corrected chi connectivity index (χ4v) is 2.23. The number of urea groups is 1. The van der Waals surface area contributed by atoms with Gasteiger partial charge in [-0.3, -0.25) is 9.78 Å². The quantitative estimate of drug-likeness (QED) is 0.763. The van der Waals surface area contributed by atoms with E-state index in [4.69, 9.17) is 0 Å². The standard InChI is InChI=1S/C18H20N4O2/c23-17(15-5-6-15)22-16-7-3-13(4-8-16)11-20-18(24)21-12-14-2-1-9-19-10-14/h1-4,7-10,15H,5-6,11-12H2,(H,22,23)(H2,20,21,24). The largest absolute Gasteiger partial charge is 0.334 e. The highest BCUT2D eigenvalue weighted by atomic mass is 16.2. The van der Waals surface area contributed by atoms with E-state index in [0.29, 0.717) is 13.1 Å². The van der Waals surface area contributed by atoms with Crippen molar-refractivity contribution in [2.45, 2.75) is 25.9 Å². The Bertz CT molecular complexity index is 697. The molecule has 1 aromatic heterocycles. The summed E-state index contributed by atoms with van der Waals surface area (Å²) >= 11 is 0. The van der Waals surface area contributed by atoms with E-state index < -0.39 is 0 Å². The molecule has 1 fully saturated rings. The highest BCUT2D eigenvalue weighted by Crippen LogP contribution is 2.30. The summed E-state index contributed by atoms with van der Waals surface area (Å²) in [6.45, 7) is 0.863. The fraction of sp³-hybridized carbons (Fsp3) is 0.278. The minimum Gasteiger partial charge on any atom is -0.334 e. The van der Waals surface area contributed by atoms with Gasteiger partial charge in [-0.25, -0.2) is 4.79 Å². The van der Waals surface area contributed by atoms with Crippen LogP contribution in [0.1, 0.15) is 24.0 Å². The van der Waals surface area contributed by atoms with Crippen LogP contribution < -0.4 is 16.0 Å². The van der Waals surface area contributed by atoms with Crippen molar-refractivity contribution >= 4 is 17.6 Å². The summed E-state index contributed by atoms with van der Waals surface area (Å²) in [4.78, 5) is 27.5. The van der Waals surface area contributed by atoms with Crippen molar-refractivity contribution in [1.29, 1.82) is 0 Å². The maximum atomic E-state index is 11.8. The Morgan fingerprint density at radius 2 is 1.71 bits per heavy atom. The lowest BCUT2D eigenvalue weighted by Gasteiger charge is -2.09. The van der Waals surface area contributed by atoms with Crippen LogP contribution in [-0.4, -0.2) is 16.9 Å². The first-order valence-electron chi connectivity index (χ1n) is 8.01. The molecule has 0 saturated heterocycles. The summed E-state index contributed by atoms with van der Waals surface area (Å²) in [5.74, 6) is 0.283. The smallest absolute Gasteiger partial charge is 0.315 e. The summed E-state index contributed by atoms with van der Waals surface area (Å²) in [6, 6.07) is 11.0. The molecular weight excluding hydrogens is 304 g/mol. The summed E-state index contributed by atoms with van der Waals surface area (Å²) in [5, 5.41) is 8.47. The van der Waals surface area contributed by atoms with Gasteiger partial charge in [-0.2, -0.15) is 0 Å². The number of rotatable bonds is 6. The van der Waals surface area contributed by atoms with Crippen LogP contribution in [0.4, 0.5) is 10.5 Å². The van der Waals surface area contributed by atoms with Gasteiger partial charge in [0, 0.05) is 37.1 Å². The Balaban J connectivity index is 1.40. The maximum absolute atomic E-state index is 11.8. The third kappa shape index (κ3) is 4.81. The summed E-state index contributed by atoms with van der Waals surface area (Å²) < 4.78 is 0. The Morgan fingerprint density at radius 3 is 2.33 bits per heavy atom. The van der Waals surface area contributed by atoms with Crippen LogP contribution in [0.2, 0.25) is 0 Å². The first kappa shape index (κ1) is 16.0. The zero-order chi connectivity index (χ0) is 16.8. The number of carbonyl (C=O) groups is 2. The molecule has 1 aliphatic carbocycles. The molecule has 0 unspecified atom stereocenters. The number of anilines is 1. The molecule has 24 heavy (non-hydrogen) atoms. The van der Waals surface area contributed by atoms with Gasteiger partial charge in [-0.05, 0) is 42.2 Å². The SMILES string of the molecule is O=C(NCc1ccc(NC(=O)C2CC2)cc1)NCc1cccnc1. The predicted octanol–water partition coefficient (Wildman–Crippen LogP) is 2.43. The second-order valence-electron chi connectivity index (χ2n) is 5.86. The van der Waals surface area contributed by atoms with Crippen molar-refractivity contribution in [3.63, 3.8) is 0 Å².